The molecule has 4 heteroatoms. The molecule has 0 unspecified atom stereocenters. The first-order valence-electron chi connectivity index (χ1n) is 4.56. The van der Waals surface area contributed by atoms with E-state index in [0.29, 0.717) is 17.0 Å². The van der Waals surface area contributed by atoms with Gasteiger partial charge in [-0.15, -0.1) is 0 Å². The molecule has 0 amide bonds. The Morgan fingerprint density at radius 2 is 1.93 bits per heavy atom. The second-order valence-corrected chi connectivity index (χ2v) is 5.55. The predicted octanol–water partition coefficient (Wildman–Crippen LogP) is 4.82. The summed E-state index contributed by atoms with van der Waals surface area (Å²) in [6.07, 6.45) is 0.663. The van der Waals surface area contributed by atoms with Crippen molar-refractivity contribution in [2.45, 2.75) is 13.3 Å². The van der Waals surface area contributed by atoms with Gasteiger partial charge in [0.15, 0.2) is 0 Å². The third kappa shape index (κ3) is 3.72. The zero-order valence-electron chi connectivity index (χ0n) is 8.37. The topological polar surface area (TPSA) is 0 Å². The van der Waals surface area contributed by atoms with Crippen molar-refractivity contribution >= 4 is 43.5 Å². The van der Waals surface area contributed by atoms with Gasteiger partial charge in [-0.1, -0.05) is 50.4 Å². The van der Waals surface area contributed by atoms with E-state index in [0.717, 1.165) is 10.7 Å². The number of rotatable bonds is 4. The van der Waals surface area contributed by atoms with Gasteiger partial charge in [-0.05, 0) is 35.6 Å². The SMILES string of the molecule is CC(CBr)(CBr)Cc1cc(Cl)ccc1F. The van der Waals surface area contributed by atoms with Crippen molar-refractivity contribution < 1.29 is 4.39 Å². The Bertz CT molecular complexity index is 337. The molecule has 0 aromatic heterocycles. The maximum absolute atomic E-state index is 13.5. The second kappa shape index (κ2) is 5.65. The molecular formula is C11H12Br2ClF. The summed E-state index contributed by atoms with van der Waals surface area (Å²) < 4.78 is 13.5. The van der Waals surface area contributed by atoms with E-state index in [9.17, 15) is 4.39 Å². The number of halogens is 4. The summed E-state index contributed by atoms with van der Waals surface area (Å²) in [4.78, 5) is 0. The Labute approximate surface area is 111 Å². The van der Waals surface area contributed by atoms with Gasteiger partial charge in [-0.2, -0.15) is 0 Å². The van der Waals surface area contributed by atoms with Crippen LogP contribution in [0.3, 0.4) is 0 Å². The highest BCUT2D eigenvalue weighted by molar-refractivity contribution is 9.09. The number of hydrogen-bond acceptors (Lipinski definition) is 0. The van der Waals surface area contributed by atoms with Gasteiger partial charge in [0.25, 0.3) is 0 Å². The molecule has 0 fully saturated rings. The summed E-state index contributed by atoms with van der Waals surface area (Å²) in [6, 6.07) is 4.68. The van der Waals surface area contributed by atoms with Crippen molar-refractivity contribution in [3.05, 3.63) is 34.6 Å². The van der Waals surface area contributed by atoms with Crippen LogP contribution >= 0.6 is 43.5 Å². The van der Waals surface area contributed by atoms with E-state index in [1.54, 1.807) is 12.1 Å². The fourth-order valence-electron chi connectivity index (χ4n) is 1.27. The molecular weight excluding hydrogens is 346 g/mol. The van der Waals surface area contributed by atoms with E-state index in [-0.39, 0.29) is 11.2 Å². The van der Waals surface area contributed by atoms with Crippen LogP contribution in [-0.2, 0) is 6.42 Å². The van der Waals surface area contributed by atoms with Gasteiger partial charge in [0, 0.05) is 15.7 Å². The van der Waals surface area contributed by atoms with Crippen molar-refractivity contribution in [1.82, 2.24) is 0 Å². The minimum atomic E-state index is -0.187. The van der Waals surface area contributed by atoms with Gasteiger partial charge in [-0.25, -0.2) is 4.39 Å². The minimum Gasteiger partial charge on any atom is -0.207 e. The molecule has 1 rings (SSSR count). The third-order valence-electron chi connectivity index (χ3n) is 2.27. The molecule has 0 aliphatic heterocycles. The molecule has 0 nitrogen and oxygen atoms in total. The molecule has 0 aliphatic carbocycles. The maximum atomic E-state index is 13.5. The van der Waals surface area contributed by atoms with Crippen LogP contribution in [0.5, 0.6) is 0 Å². The Morgan fingerprint density at radius 1 is 1.33 bits per heavy atom. The molecule has 0 radical (unpaired) electrons. The lowest BCUT2D eigenvalue weighted by Gasteiger charge is -2.25. The van der Waals surface area contributed by atoms with Crippen LogP contribution in [-0.4, -0.2) is 10.7 Å². The second-order valence-electron chi connectivity index (χ2n) is 3.99. The van der Waals surface area contributed by atoms with Crippen molar-refractivity contribution in [3.63, 3.8) is 0 Å². The quantitative estimate of drug-likeness (QED) is 0.677. The molecule has 0 atom stereocenters. The van der Waals surface area contributed by atoms with Gasteiger partial charge in [0.1, 0.15) is 5.82 Å². The van der Waals surface area contributed by atoms with Crippen LogP contribution in [0.1, 0.15) is 12.5 Å². The zero-order valence-corrected chi connectivity index (χ0v) is 12.3. The van der Waals surface area contributed by atoms with Crippen molar-refractivity contribution in [2.24, 2.45) is 5.41 Å². The van der Waals surface area contributed by atoms with Crippen LogP contribution in [0.15, 0.2) is 18.2 Å². The van der Waals surface area contributed by atoms with E-state index in [1.165, 1.54) is 6.07 Å². The molecule has 0 bridgehead atoms. The molecule has 0 heterocycles. The Hall–Kier alpha value is 0.400. The largest absolute Gasteiger partial charge is 0.207 e. The molecule has 0 aliphatic rings. The first-order chi connectivity index (χ1) is 7.00. The lowest BCUT2D eigenvalue weighted by atomic mass is 9.88. The molecule has 1 aromatic rings. The van der Waals surface area contributed by atoms with Crippen molar-refractivity contribution in [3.8, 4) is 0 Å². The molecule has 0 N–H and O–H groups in total. The summed E-state index contributed by atoms with van der Waals surface area (Å²) in [5.41, 5.74) is 0.676. The van der Waals surface area contributed by atoms with Crippen LogP contribution in [0, 0.1) is 11.2 Å². The van der Waals surface area contributed by atoms with Gasteiger partial charge in [0.2, 0.25) is 0 Å². The number of alkyl halides is 2. The maximum Gasteiger partial charge on any atom is 0.126 e. The summed E-state index contributed by atoms with van der Waals surface area (Å²) in [7, 11) is 0. The van der Waals surface area contributed by atoms with Crippen LogP contribution in [0.25, 0.3) is 0 Å². The van der Waals surface area contributed by atoms with E-state index in [2.05, 4.69) is 38.8 Å². The molecule has 0 saturated heterocycles. The average Bonchev–Trinajstić information content (AvgIpc) is 2.23. The normalized spacial score (nSPS) is 11.8. The summed E-state index contributed by atoms with van der Waals surface area (Å²) in [5.74, 6) is -0.187. The first kappa shape index (κ1) is 13.5. The Balaban J connectivity index is 2.92. The minimum absolute atomic E-state index is 0.00548. The number of hydrogen-bond donors (Lipinski definition) is 0. The van der Waals surface area contributed by atoms with Crippen molar-refractivity contribution in [2.75, 3.05) is 10.7 Å². The van der Waals surface area contributed by atoms with Gasteiger partial charge < -0.3 is 0 Å². The van der Waals surface area contributed by atoms with E-state index < -0.39 is 0 Å². The van der Waals surface area contributed by atoms with Gasteiger partial charge >= 0.3 is 0 Å². The van der Waals surface area contributed by atoms with Gasteiger partial charge in [0.05, 0.1) is 0 Å². The van der Waals surface area contributed by atoms with E-state index >= 15 is 0 Å². The number of benzene rings is 1. The van der Waals surface area contributed by atoms with E-state index in [1.807, 2.05) is 0 Å². The van der Waals surface area contributed by atoms with Crippen LogP contribution in [0.4, 0.5) is 4.39 Å². The molecule has 0 spiro atoms. The lowest BCUT2D eigenvalue weighted by Crippen LogP contribution is -2.23. The smallest absolute Gasteiger partial charge is 0.126 e. The highest BCUT2D eigenvalue weighted by Crippen LogP contribution is 2.29. The lowest BCUT2D eigenvalue weighted by molar-refractivity contribution is 0.427. The highest BCUT2D eigenvalue weighted by atomic mass is 79.9. The van der Waals surface area contributed by atoms with Crippen LogP contribution in [0.2, 0.25) is 5.02 Å². The monoisotopic (exact) mass is 356 g/mol. The molecule has 84 valence electrons. The third-order valence-corrected chi connectivity index (χ3v) is 5.21. The highest BCUT2D eigenvalue weighted by Gasteiger charge is 2.23. The summed E-state index contributed by atoms with van der Waals surface area (Å²) in [5, 5.41) is 2.21. The first-order valence-corrected chi connectivity index (χ1v) is 7.19. The zero-order chi connectivity index (χ0) is 11.5. The Kier molecular flexibility index (Phi) is 5.07. The summed E-state index contributed by atoms with van der Waals surface area (Å²) in [6.45, 7) is 2.09. The van der Waals surface area contributed by atoms with Gasteiger partial charge in [-0.3, -0.25) is 0 Å². The standard InChI is InChI=1S/C11H12Br2ClF/c1-11(6-12,7-13)5-8-4-9(14)2-3-10(8)15/h2-4H,5-7H2,1H3. The molecule has 0 saturated carbocycles. The predicted molar refractivity (Wildman–Crippen MR) is 70.8 cm³/mol. The fourth-order valence-corrected chi connectivity index (χ4v) is 2.79. The van der Waals surface area contributed by atoms with Crippen LogP contribution < -0.4 is 0 Å². The molecule has 1 aromatic carbocycles. The molecule has 15 heavy (non-hydrogen) atoms. The van der Waals surface area contributed by atoms with Crippen molar-refractivity contribution in [1.29, 1.82) is 0 Å². The summed E-state index contributed by atoms with van der Waals surface area (Å²) >= 11 is 12.7. The fraction of sp³-hybridized carbons (Fsp3) is 0.455. The van der Waals surface area contributed by atoms with E-state index in [4.69, 9.17) is 11.6 Å². The average molecular weight is 358 g/mol. The Morgan fingerprint density at radius 3 is 2.47 bits per heavy atom.